The van der Waals surface area contributed by atoms with Gasteiger partial charge in [-0.1, -0.05) is 0 Å². The summed E-state index contributed by atoms with van der Waals surface area (Å²) in [7, 11) is 0. The Kier molecular flexibility index (Phi) is 4.22. The van der Waals surface area contributed by atoms with Crippen molar-refractivity contribution >= 4 is 17.4 Å². The van der Waals surface area contributed by atoms with Crippen LogP contribution in [0, 0.1) is 11.6 Å². The van der Waals surface area contributed by atoms with E-state index in [1.165, 1.54) is 12.1 Å². The molecule has 1 unspecified atom stereocenters. The van der Waals surface area contributed by atoms with Gasteiger partial charge in [0.25, 0.3) is 0 Å². The summed E-state index contributed by atoms with van der Waals surface area (Å²) >= 11 is 5.98. The third-order valence-electron chi connectivity index (χ3n) is 3.50. The number of ether oxygens (including phenoxy) is 1. The highest BCUT2D eigenvalue weighted by atomic mass is 35.5. The number of nitrogens with one attached hydrogen (secondary N) is 1. The predicted molar refractivity (Wildman–Crippen MR) is 79.1 cm³/mol. The maximum atomic E-state index is 13.5. The Bertz CT molecular complexity index is 691. The third-order valence-corrected chi connectivity index (χ3v) is 3.67. The minimum atomic E-state index is -0.630. The molecule has 4 nitrogen and oxygen atoms in total. The van der Waals surface area contributed by atoms with E-state index in [1.54, 1.807) is 0 Å². The molecule has 0 spiro atoms. The van der Waals surface area contributed by atoms with Crippen molar-refractivity contribution in [3.8, 4) is 0 Å². The number of nitrogens with zero attached hydrogens (tertiary/aromatic N) is 2. The molecule has 1 N–H and O–H groups in total. The second-order valence-corrected chi connectivity index (χ2v) is 5.34. The second kappa shape index (κ2) is 6.14. The molecule has 2 aromatic rings. The molecule has 1 atom stereocenters. The number of halogens is 3. The van der Waals surface area contributed by atoms with Crippen LogP contribution in [0.1, 0.15) is 29.7 Å². The Balaban J connectivity index is 2.11. The van der Waals surface area contributed by atoms with E-state index in [0.717, 1.165) is 11.6 Å². The van der Waals surface area contributed by atoms with Gasteiger partial charge < -0.3 is 10.1 Å². The summed E-state index contributed by atoms with van der Waals surface area (Å²) in [6, 6.07) is 3.41. The molecule has 0 saturated carbocycles. The normalized spacial score (nSPS) is 17.2. The number of hydrogen-bond donors (Lipinski definition) is 1. The standard InChI is InChI=1S/C15H14ClF2N3O/c1-2-19-14-12-7-22-6-11(13(12)20-15(16)21-14)8-3-9(17)5-10(18)4-8/h3-5,11H,2,6-7H2,1H3,(H,19,20,21). The van der Waals surface area contributed by atoms with E-state index >= 15 is 0 Å². The van der Waals surface area contributed by atoms with Crippen LogP contribution in [0.15, 0.2) is 18.2 Å². The van der Waals surface area contributed by atoms with Gasteiger partial charge in [-0.2, -0.15) is 0 Å². The predicted octanol–water partition coefficient (Wildman–Crippen LogP) is 3.50. The molecule has 1 aromatic carbocycles. The molecule has 1 aliphatic heterocycles. The summed E-state index contributed by atoms with van der Waals surface area (Å²) in [6.07, 6.45) is 0. The Morgan fingerprint density at radius 2 is 2.00 bits per heavy atom. The van der Waals surface area contributed by atoms with Crippen LogP contribution in [0.3, 0.4) is 0 Å². The van der Waals surface area contributed by atoms with Crippen LogP contribution in [0.2, 0.25) is 5.28 Å². The van der Waals surface area contributed by atoms with E-state index in [4.69, 9.17) is 16.3 Å². The first-order valence-electron chi connectivity index (χ1n) is 6.92. The van der Waals surface area contributed by atoms with Crippen molar-refractivity contribution in [3.05, 3.63) is 51.9 Å². The van der Waals surface area contributed by atoms with Crippen LogP contribution in [0.5, 0.6) is 0 Å². The number of fused-ring (bicyclic) bond motifs is 1. The van der Waals surface area contributed by atoms with Gasteiger partial charge >= 0.3 is 0 Å². The summed E-state index contributed by atoms with van der Waals surface area (Å²) in [5.41, 5.74) is 1.88. The van der Waals surface area contributed by atoms with E-state index in [9.17, 15) is 8.78 Å². The van der Waals surface area contributed by atoms with Crippen LogP contribution in [0.4, 0.5) is 14.6 Å². The van der Waals surface area contributed by atoms with E-state index in [2.05, 4.69) is 15.3 Å². The van der Waals surface area contributed by atoms with Crippen molar-refractivity contribution in [2.75, 3.05) is 18.5 Å². The Morgan fingerprint density at radius 1 is 1.27 bits per heavy atom. The topological polar surface area (TPSA) is 47.0 Å². The van der Waals surface area contributed by atoms with Gasteiger partial charge in [0.2, 0.25) is 5.28 Å². The van der Waals surface area contributed by atoms with Gasteiger partial charge in [0.05, 0.1) is 24.8 Å². The zero-order valence-corrected chi connectivity index (χ0v) is 12.6. The molecule has 0 amide bonds. The van der Waals surface area contributed by atoms with Crippen molar-refractivity contribution in [2.24, 2.45) is 0 Å². The van der Waals surface area contributed by atoms with Crippen molar-refractivity contribution in [3.63, 3.8) is 0 Å². The Hall–Kier alpha value is -1.79. The molecule has 1 aromatic heterocycles. The molecular formula is C15H14ClF2N3O. The molecule has 3 rings (SSSR count). The highest BCUT2D eigenvalue weighted by Crippen LogP contribution is 2.35. The Morgan fingerprint density at radius 3 is 2.68 bits per heavy atom. The molecule has 0 radical (unpaired) electrons. The van der Waals surface area contributed by atoms with Gasteiger partial charge in [0.15, 0.2) is 0 Å². The lowest BCUT2D eigenvalue weighted by Gasteiger charge is -2.26. The van der Waals surface area contributed by atoms with E-state index in [0.29, 0.717) is 30.2 Å². The SMILES string of the molecule is CCNc1nc(Cl)nc2c1COCC2c1cc(F)cc(F)c1. The molecule has 0 bridgehead atoms. The van der Waals surface area contributed by atoms with Gasteiger partial charge in [-0.05, 0) is 36.2 Å². The maximum Gasteiger partial charge on any atom is 0.224 e. The van der Waals surface area contributed by atoms with Crippen LogP contribution >= 0.6 is 11.6 Å². The van der Waals surface area contributed by atoms with Crippen LogP contribution in [-0.4, -0.2) is 23.1 Å². The quantitative estimate of drug-likeness (QED) is 0.877. The van der Waals surface area contributed by atoms with Crippen molar-refractivity contribution < 1.29 is 13.5 Å². The summed E-state index contributed by atoms with van der Waals surface area (Å²) in [5.74, 6) is -1.05. The highest BCUT2D eigenvalue weighted by Gasteiger charge is 2.28. The first kappa shape index (κ1) is 15.1. The minimum Gasteiger partial charge on any atom is -0.376 e. The maximum absolute atomic E-state index is 13.5. The highest BCUT2D eigenvalue weighted by molar-refractivity contribution is 6.28. The lowest BCUT2D eigenvalue weighted by Crippen LogP contribution is -2.22. The number of aromatic nitrogens is 2. The molecule has 2 heterocycles. The molecule has 1 aliphatic rings. The van der Waals surface area contributed by atoms with Crippen LogP contribution in [-0.2, 0) is 11.3 Å². The molecule has 0 saturated heterocycles. The fourth-order valence-electron chi connectivity index (χ4n) is 2.61. The van der Waals surface area contributed by atoms with Gasteiger partial charge in [-0.3, -0.25) is 0 Å². The fraction of sp³-hybridized carbons (Fsp3) is 0.333. The molecule has 0 fully saturated rings. The fourth-order valence-corrected chi connectivity index (χ4v) is 2.78. The van der Waals surface area contributed by atoms with Gasteiger partial charge in [0.1, 0.15) is 17.5 Å². The number of benzene rings is 1. The largest absolute Gasteiger partial charge is 0.376 e. The van der Waals surface area contributed by atoms with Crippen molar-refractivity contribution in [1.29, 1.82) is 0 Å². The number of anilines is 1. The average Bonchev–Trinajstić information content (AvgIpc) is 2.46. The Labute approximate surface area is 131 Å². The first-order valence-corrected chi connectivity index (χ1v) is 7.30. The minimum absolute atomic E-state index is 0.0958. The van der Waals surface area contributed by atoms with Crippen molar-refractivity contribution in [2.45, 2.75) is 19.4 Å². The summed E-state index contributed by atoms with van der Waals surface area (Å²) in [5, 5.41) is 3.20. The van der Waals surface area contributed by atoms with E-state index < -0.39 is 11.6 Å². The second-order valence-electron chi connectivity index (χ2n) is 5.01. The van der Waals surface area contributed by atoms with Gasteiger partial charge in [-0.15, -0.1) is 0 Å². The molecule has 7 heteroatoms. The van der Waals surface area contributed by atoms with Crippen molar-refractivity contribution in [1.82, 2.24) is 9.97 Å². The van der Waals surface area contributed by atoms with Crippen LogP contribution in [0.25, 0.3) is 0 Å². The summed E-state index contributed by atoms with van der Waals surface area (Å²) in [4.78, 5) is 8.42. The summed E-state index contributed by atoms with van der Waals surface area (Å²) in [6.45, 7) is 3.22. The molecular weight excluding hydrogens is 312 g/mol. The summed E-state index contributed by atoms with van der Waals surface area (Å²) < 4.78 is 32.5. The zero-order chi connectivity index (χ0) is 15.7. The van der Waals surface area contributed by atoms with E-state index in [-0.39, 0.29) is 17.8 Å². The van der Waals surface area contributed by atoms with Crippen LogP contribution < -0.4 is 5.32 Å². The van der Waals surface area contributed by atoms with Gasteiger partial charge in [0, 0.05) is 18.2 Å². The third kappa shape index (κ3) is 2.89. The van der Waals surface area contributed by atoms with Gasteiger partial charge in [-0.25, -0.2) is 18.7 Å². The number of hydrogen-bond acceptors (Lipinski definition) is 4. The zero-order valence-electron chi connectivity index (χ0n) is 11.9. The average molecular weight is 326 g/mol. The first-order chi connectivity index (χ1) is 10.6. The lowest BCUT2D eigenvalue weighted by molar-refractivity contribution is 0.0976. The number of rotatable bonds is 3. The lowest BCUT2D eigenvalue weighted by atomic mass is 9.91. The van der Waals surface area contributed by atoms with E-state index in [1.807, 2.05) is 6.92 Å². The smallest absolute Gasteiger partial charge is 0.224 e. The molecule has 22 heavy (non-hydrogen) atoms. The molecule has 0 aliphatic carbocycles. The molecule has 116 valence electrons. The monoisotopic (exact) mass is 325 g/mol.